The van der Waals surface area contributed by atoms with Gasteiger partial charge in [0, 0.05) is 17.5 Å². The first kappa shape index (κ1) is 28.2. The summed E-state index contributed by atoms with van der Waals surface area (Å²) < 4.78 is 0. The van der Waals surface area contributed by atoms with Gasteiger partial charge in [0.15, 0.2) is 0 Å². The number of fused-ring (bicyclic) bond motifs is 7. The molecule has 0 amide bonds. The highest BCUT2D eigenvalue weighted by atomic mass is 14.8. The second-order valence-corrected chi connectivity index (χ2v) is 11.4. The molecular formula is C43H34N2. The van der Waals surface area contributed by atoms with Crippen molar-refractivity contribution in [2.75, 3.05) is 0 Å². The van der Waals surface area contributed by atoms with Crippen molar-refractivity contribution in [3.63, 3.8) is 0 Å². The molecule has 216 valence electrons. The maximum absolute atomic E-state index is 5.30. The van der Waals surface area contributed by atoms with E-state index in [1.165, 1.54) is 54.2 Å². The summed E-state index contributed by atoms with van der Waals surface area (Å²) >= 11 is 0. The first-order chi connectivity index (χ1) is 22.1. The Hall–Kier alpha value is -5.60. The van der Waals surface area contributed by atoms with Crippen LogP contribution < -0.4 is 0 Å². The van der Waals surface area contributed by atoms with Gasteiger partial charge in [0.2, 0.25) is 0 Å². The minimum atomic E-state index is 0.853. The topological polar surface area (TPSA) is 25.2 Å². The smallest absolute Gasteiger partial charge is 0.0918 e. The molecule has 2 nitrogen and oxygen atoms in total. The number of allylic oxidation sites excluding steroid dienone is 5. The minimum absolute atomic E-state index is 0.853. The average Bonchev–Trinajstić information content (AvgIpc) is 3.10. The highest BCUT2D eigenvalue weighted by Gasteiger charge is 2.16. The Labute approximate surface area is 264 Å². The summed E-state index contributed by atoms with van der Waals surface area (Å²) in [6, 6.07) is 43.5. The van der Waals surface area contributed by atoms with Gasteiger partial charge in [0.25, 0.3) is 0 Å². The number of nitrogens with zero attached hydrogens (tertiary/aromatic N) is 2. The molecule has 1 heterocycles. The van der Waals surface area contributed by atoms with Crippen molar-refractivity contribution in [1.82, 2.24) is 4.98 Å². The zero-order valence-electron chi connectivity index (χ0n) is 25.8. The molecule has 0 saturated heterocycles. The van der Waals surface area contributed by atoms with Crippen LogP contribution in [0.3, 0.4) is 0 Å². The third-order valence-electron chi connectivity index (χ3n) is 8.56. The molecule has 2 heteroatoms. The maximum atomic E-state index is 5.30. The summed E-state index contributed by atoms with van der Waals surface area (Å²) in [7, 11) is 0. The van der Waals surface area contributed by atoms with Crippen molar-refractivity contribution in [2.24, 2.45) is 4.99 Å². The van der Waals surface area contributed by atoms with Crippen molar-refractivity contribution in [2.45, 2.75) is 20.8 Å². The lowest BCUT2D eigenvalue weighted by Gasteiger charge is -2.17. The normalized spacial score (nSPS) is 13.1. The van der Waals surface area contributed by atoms with E-state index in [4.69, 9.17) is 4.99 Å². The summed E-state index contributed by atoms with van der Waals surface area (Å²) in [6.07, 6.45) is 10.0. The SMILES string of the molecule is C\C=C/C=C\C(C)=C(\N=C(C)c1ccc2ccccc2c1-c1ccc2c3ccccc3c3ccccc3c2c1)c1ccccn1. The lowest BCUT2D eigenvalue weighted by molar-refractivity contribution is 1.24. The van der Waals surface area contributed by atoms with Crippen LogP contribution in [-0.4, -0.2) is 10.7 Å². The molecular weight excluding hydrogens is 544 g/mol. The van der Waals surface area contributed by atoms with Crippen molar-refractivity contribution in [1.29, 1.82) is 0 Å². The number of rotatable bonds is 6. The summed E-state index contributed by atoms with van der Waals surface area (Å²) in [5.41, 5.74) is 7.19. The van der Waals surface area contributed by atoms with Gasteiger partial charge in [-0.3, -0.25) is 9.98 Å². The van der Waals surface area contributed by atoms with Gasteiger partial charge >= 0.3 is 0 Å². The van der Waals surface area contributed by atoms with Crippen molar-refractivity contribution < 1.29 is 0 Å². The van der Waals surface area contributed by atoms with E-state index in [0.29, 0.717) is 0 Å². The van der Waals surface area contributed by atoms with E-state index in [9.17, 15) is 0 Å². The van der Waals surface area contributed by atoms with Gasteiger partial charge in [-0.05, 0) is 98.8 Å². The van der Waals surface area contributed by atoms with Crippen molar-refractivity contribution in [3.05, 3.63) is 169 Å². The Morgan fingerprint density at radius 1 is 0.600 bits per heavy atom. The van der Waals surface area contributed by atoms with Crippen molar-refractivity contribution in [3.8, 4) is 11.1 Å². The molecule has 0 aliphatic carbocycles. The van der Waals surface area contributed by atoms with Gasteiger partial charge in [0.05, 0.1) is 11.4 Å². The standard InChI is InChI=1S/C43H34N2/c1-4-5-6-15-29(2)43(41-22-13-14-27-44-41)45-30(3)33-25-23-31-16-7-8-17-34(31)42(33)32-24-26-39-37-20-10-9-18-35(37)36-19-11-12-21-38(36)40(39)28-32/h4-28H,1-3H3/b5-4-,15-6-,43-29+,45-30?. The first-order valence-electron chi connectivity index (χ1n) is 15.5. The average molecular weight is 579 g/mol. The molecule has 0 atom stereocenters. The number of aliphatic imine (C=N–C) groups is 1. The molecule has 45 heavy (non-hydrogen) atoms. The largest absolute Gasteiger partial charge is 0.255 e. The second-order valence-electron chi connectivity index (χ2n) is 11.4. The molecule has 0 saturated carbocycles. The fourth-order valence-electron chi connectivity index (χ4n) is 6.42. The number of hydrogen-bond acceptors (Lipinski definition) is 2. The maximum Gasteiger partial charge on any atom is 0.0918 e. The third kappa shape index (κ3) is 5.25. The van der Waals surface area contributed by atoms with Gasteiger partial charge in [-0.1, -0.05) is 127 Å². The van der Waals surface area contributed by atoms with Gasteiger partial charge in [-0.25, -0.2) is 0 Å². The lowest BCUT2D eigenvalue weighted by atomic mass is 9.88. The van der Waals surface area contributed by atoms with Gasteiger partial charge in [-0.15, -0.1) is 0 Å². The monoisotopic (exact) mass is 578 g/mol. The Morgan fingerprint density at radius 3 is 1.89 bits per heavy atom. The molecule has 0 aliphatic rings. The van der Waals surface area contributed by atoms with E-state index in [0.717, 1.165) is 28.2 Å². The molecule has 0 unspecified atom stereocenters. The summed E-state index contributed by atoms with van der Waals surface area (Å²) in [6.45, 7) is 6.23. The van der Waals surface area contributed by atoms with Gasteiger partial charge < -0.3 is 0 Å². The van der Waals surface area contributed by atoms with E-state index in [-0.39, 0.29) is 0 Å². The molecule has 0 bridgehead atoms. The molecule has 6 aromatic carbocycles. The minimum Gasteiger partial charge on any atom is -0.255 e. The number of benzene rings is 6. The van der Waals surface area contributed by atoms with Crippen LogP contribution in [0.2, 0.25) is 0 Å². The van der Waals surface area contributed by atoms with E-state index in [2.05, 4.69) is 128 Å². The molecule has 7 rings (SSSR count). The van der Waals surface area contributed by atoms with Crippen LogP contribution in [-0.2, 0) is 0 Å². The highest BCUT2D eigenvalue weighted by molar-refractivity contribution is 6.26. The van der Waals surface area contributed by atoms with Crippen LogP contribution in [0.5, 0.6) is 0 Å². The fraction of sp³-hybridized carbons (Fsp3) is 0.0698. The molecule has 0 fully saturated rings. The molecule has 0 radical (unpaired) electrons. The molecule has 0 N–H and O–H groups in total. The fourth-order valence-corrected chi connectivity index (χ4v) is 6.42. The quantitative estimate of drug-likeness (QED) is 0.109. The van der Waals surface area contributed by atoms with Crippen molar-refractivity contribution >= 4 is 54.5 Å². The van der Waals surface area contributed by atoms with E-state index in [1.54, 1.807) is 0 Å². The molecule has 0 spiro atoms. The lowest BCUT2D eigenvalue weighted by Crippen LogP contribution is -2.01. The van der Waals surface area contributed by atoms with E-state index < -0.39 is 0 Å². The zero-order chi connectivity index (χ0) is 30.8. The van der Waals surface area contributed by atoms with Crippen LogP contribution in [0.4, 0.5) is 0 Å². The third-order valence-corrected chi connectivity index (χ3v) is 8.56. The molecule has 0 aliphatic heterocycles. The summed E-state index contributed by atoms with van der Waals surface area (Å²) in [5, 5.41) is 10.1. The second kappa shape index (κ2) is 12.2. The highest BCUT2D eigenvalue weighted by Crippen LogP contribution is 2.40. The van der Waals surface area contributed by atoms with E-state index >= 15 is 0 Å². The Balaban J connectivity index is 1.49. The Bertz CT molecular complexity index is 2300. The number of hydrogen-bond donors (Lipinski definition) is 0. The molecule has 7 aromatic rings. The Morgan fingerprint density at radius 2 is 1.22 bits per heavy atom. The predicted molar refractivity (Wildman–Crippen MR) is 195 cm³/mol. The number of pyridine rings is 1. The van der Waals surface area contributed by atoms with Gasteiger partial charge in [-0.2, -0.15) is 0 Å². The first-order valence-corrected chi connectivity index (χ1v) is 15.5. The zero-order valence-corrected chi connectivity index (χ0v) is 25.8. The van der Waals surface area contributed by atoms with Crippen LogP contribution in [0.15, 0.2) is 162 Å². The predicted octanol–water partition coefficient (Wildman–Crippen LogP) is 11.7. The van der Waals surface area contributed by atoms with Crippen LogP contribution in [0.1, 0.15) is 32.0 Å². The molecule has 1 aromatic heterocycles. The summed E-state index contributed by atoms with van der Waals surface area (Å²) in [4.78, 5) is 9.98. The van der Waals surface area contributed by atoms with Crippen LogP contribution in [0, 0.1) is 0 Å². The summed E-state index contributed by atoms with van der Waals surface area (Å²) in [5.74, 6) is 0. The number of aromatic nitrogens is 1. The van der Waals surface area contributed by atoms with Gasteiger partial charge in [0.1, 0.15) is 0 Å². The van der Waals surface area contributed by atoms with Crippen LogP contribution in [0.25, 0.3) is 59.9 Å². The van der Waals surface area contributed by atoms with E-state index in [1.807, 2.05) is 49.5 Å². The Kier molecular flexibility index (Phi) is 7.63. The van der Waals surface area contributed by atoms with Crippen LogP contribution >= 0.6 is 0 Å².